The van der Waals surface area contributed by atoms with Crippen molar-refractivity contribution >= 4 is 17.7 Å². The summed E-state index contributed by atoms with van der Waals surface area (Å²) in [6.07, 6.45) is 7.66. The first kappa shape index (κ1) is 18.7. The van der Waals surface area contributed by atoms with E-state index in [2.05, 4.69) is 30.8 Å². The van der Waals surface area contributed by atoms with Crippen LogP contribution in [0.2, 0.25) is 0 Å². The van der Waals surface area contributed by atoms with Crippen LogP contribution in [0.4, 0.5) is 16.4 Å². The van der Waals surface area contributed by atoms with Gasteiger partial charge in [0, 0.05) is 30.3 Å². The van der Waals surface area contributed by atoms with E-state index in [1.165, 1.54) is 0 Å². The van der Waals surface area contributed by atoms with Crippen LogP contribution in [0.3, 0.4) is 0 Å². The van der Waals surface area contributed by atoms with E-state index in [4.69, 9.17) is 9.47 Å². The standard InChI is InChI=1S/C19H26N6O3/c1-19(5-6-19)23-18(26)28-14-4-3-12(7-14)15-8-16(25-24-15)22-17-10-20-13(9-21-17)11-27-2/h8-10,12,14H,3-7,11H2,1-2H3,(H,23,26)(H2,21,22,24,25)/t12-,14+/m0/s1. The molecule has 2 fully saturated rings. The van der Waals surface area contributed by atoms with Crippen molar-refractivity contribution < 1.29 is 14.3 Å². The number of hydrogen-bond donors (Lipinski definition) is 3. The molecule has 2 heterocycles. The summed E-state index contributed by atoms with van der Waals surface area (Å²) in [5, 5.41) is 13.5. The van der Waals surface area contributed by atoms with Gasteiger partial charge in [0.05, 0.1) is 24.7 Å². The Morgan fingerprint density at radius 3 is 2.86 bits per heavy atom. The molecule has 28 heavy (non-hydrogen) atoms. The first-order chi connectivity index (χ1) is 13.5. The number of alkyl carbamates (subject to hydrolysis) is 1. The van der Waals surface area contributed by atoms with Crippen LogP contribution in [0.1, 0.15) is 56.3 Å². The maximum absolute atomic E-state index is 12.0. The van der Waals surface area contributed by atoms with E-state index in [0.29, 0.717) is 24.2 Å². The second kappa shape index (κ2) is 7.75. The number of aromatic amines is 1. The molecule has 0 spiro atoms. The van der Waals surface area contributed by atoms with Crippen molar-refractivity contribution in [3.8, 4) is 0 Å². The van der Waals surface area contributed by atoms with Crippen molar-refractivity contribution in [3.63, 3.8) is 0 Å². The third kappa shape index (κ3) is 4.59. The monoisotopic (exact) mass is 386 g/mol. The Hall–Kier alpha value is -2.68. The summed E-state index contributed by atoms with van der Waals surface area (Å²) in [5.74, 6) is 1.61. The van der Waals surface area contributed by atoms with Crippen molar-refractivity contribution in [2.45, 2.75) is 63.2 Å². The van der Waals surface area contributed by atoms with Crippen LogP contribution in [-0.2, 0) is 16.1 Å². The lowest BCUT2D eigenvalue weighted by Crippen LogP contribution is -2.36. The molecule has 0 bridgehead atoms. The summed E-state index contributed by atoms with van der Waals surface area (Å²) in [5.41, 5.74) is 1.75. The summed E-state index contributed by atoms with van der Waals surface area (Å²) >= 11 is 0. The van der Waals surface area contributed by atoms with Gasteiger partial charge < -0.3 is 20.1 Å². The van der Waals surface area contributed by atoms with Gasteiger partial charge in [-0.05, 0) is 39.0 Å². The van der Waals surface area contributed by atoms with Crippen molar-refractivity contribution in [2.24, 2.45) is 0 Å². The van der Waals surface area contributed by atoms with E-state index in [9.17, 15) is 4.79 Å². The van der Waals surface area contributed by atoms with E-state index >= 15 is 0 Å². The van der Waals surface area contributed by atoms with Gasteiger partial charge in [0.15, 0.2) is 5.82 Å². The topological polar surface area (TPSA) is 114 Å². The molecule has 2 aromatic rings. The Balaban J connectivity index is 1.28. The molecule has 0 unspecified atom stereocenters. The zero-order valence-electron chi connectivity index (χ0n) is 16.2. The van der Waals surface area contributed by atoms with E-state index in [-0.39, 0.29) is 17.7 Å². The number of hydrogen-bond acceptors (Lipinski definition) is 7. The minimum atomic E-state index is -0.298. The Morgan fingerprint density at radius 2 is 2.14 bits per heavy atom. The molecular formula is C19H26N6O3. The number of anilines is 2. The highest BCUT2D eigenvalue weighted by atomic mass is 16.6. The van der Waals surface area contributed by atoms with Crippen LogP contribution in [-0.4, -0.2) is 45.0 Å². The van der Waals surface area contributed by atoms with E-state index < -0.39 is 0 Å². The molecule has 2 saturated carbocycles. The van der Waals surface area contributed by atoms with Gasteiger partial charge in [-0.25, -0.2) is 9.78 Å². The number of rotatable bonds is 7. The van der Waals surface area contributed by atoms with Crippen molar-refractivity contribution in [1.29, 1.82) is 0 Å². The second-order valence-electron chi connectivity index (χ2n) is 7.88. The third-order valence-electron chi connectivity index (χ3n) is 5.35. The zero-order chi connectivity index (χ0) is 19.6. The van der Waals surface area contributed by atoms with Gasteiger partial charge in [-0.2, -0.15) is 5.10 Å². The SMILES string of the molecule is COCc1cnc(Nc2cc([C@H]3CC[C@@H](OC(=O)NC4(C)CC4)C3)[nH]n2)cn1. The van der Waals surface area contributed by atoms with E-state index in [0.717, 1.165) is 43.5 Å². The lowest BCUT2D eigenvalue weighted by Gasteiger charge is -2.16. The van der Waals surface area contributed by atoms with Crippen LogP contribution in [0.15, 0.2) is 18.5 Å². The van der Waals surface area contributed by atoms with Gasteiger partial charge in [-0.1, -0.05) is 0 Å². The number of carbonyl (C=O) groups excluding carboxylic acids is 1. The second-order valence-corrected chi connectivity index (χ2v) is 7.88. The first-order valence-corrected chi connectivity index (χ1v) is 9.64. The molecular weight excluding hydrogens is 360 g/mol. The molecule has 9 heteroatoms. The fraction of sp³-hybridized carbons (Fsp3) is 0.579. The van der Waals surface area contributed by atoms with Crippen molar-refractivity contribution in [3.05, 3.63) is 29.8 Å². The maximum atomic E-state index is 12.0. The van der Waals surface area contributed by atoms with Gasteiger partial charge in [0.1, 0.15) is 11.9 Å². The molecule has 2 aliphatic rings. The van der Waals surface area contributed by atoms with Crippen LogP contribution in [0.5, 0.6) is 0 Å². The molecule has 150 valence electrons. The Morgan fingerprint density at radius 1 is 1.29 bits per heavy atom. The molecule has 0 aliphatic heterocycles. The van der Waals surface area contributed by atoms with Crippen LogP contribution < -0.4 is 10.6 Å². The number of nitrogens with zero attached hydrogens (tertiary/aromatic N) is 3. The predicted molar refractivity (Wildman–Crippen MR) is 102 cm³/mol. The minimum Gasteiger partial charge on any atom is -0.446 e. The molecule has 1 amide bonds. The highest BCUT2D eigenvalue weighted by Crippen LogP contribution is 2.37. The summed E-state index contributed by atoms with van der Waals surface area (Å²) in [6, 6.07) is 1.98. The van der Waals surface area contributed by atoms with E-state index in [1.54, 1.807) is 19.5 Å². The predicted octanol–water partition coefficient (Wildman–Crippen LogP) is 3.00. The smallest absolute Gasteiger partial charge is 0.407 e. The number of methoxy groups -OCH3 is 1. The summed E-state index contributed by atoms with van der Waals surface area (Å²) < 4.78 is 10.6. The van der Waals surface area contributed by atoms with Gasteiger partial charge in [-0.3, -0.25) is 10.1 Å². The number of ether oxygens (including phenoxy) is 2. The largest absolute Gasteiger partial charge is 0.446 e. The lowest BCUT2D eigenvalue weighted by atomic mass is 10.0. The molecule has 9 nitrogen and oxygen atoms in total. The quantitative estimate of drug-likeness (QED) is 0.670. The molecule has 0 radical (unpaired) electrons. The molecule has 2 atom stereocenters. The zero-order valence-corrected chi connectivity index (χ0v) is 16.2. The van der Waals surface area contributed by atoms with Crippen LogP contribution in [0.25, 0.3) is 0 Å². The molecule has 3 N–H and O–H groups in total. The number of aromatic nitrogens is 4. The minimum absolute atomic E-state index is 0.0498. The van der Waals surface area contributed by atoms with Gasteiger partial charge in [0.2, 0.25) is 0 Å². The Bertz CT molecular complexity index is 817. The van der Waals surface area contributed by atoms with Gasteiger partial charge >= 0.3 is 6.09 Å². The highest BCUT2D eigenvalue weighted by Gasteiger charge is 2.40. The van der Waals surface area contributed by atoms with Gasteiger partial charge in [0.25, 0.3) is 0 Å². The van der Waals surface area contributed by atoms with Crippen molar-refractivity contribution in [2.75, 3.05) is 12.4 Å². The van der Waals surface area contributed by atoms with E-state index in [1.807, 2.05) is 13.0 Å². The number of carbonyl (C=O) groups is 1. The Kier molecular flexibility index (Phi) is 5.17. The fourth-order valence-electron chi connectivity index (χ4n) is 3.45. The summed E-state index contributed by atoms with van der Waals surface area (Å²) in [7, 11) is 1.62. The third-order valence-corrected chi connectivity index (χ3v) is 5.35. The number of amides is 1. The van der Waals surface area contributed by atoms with Crippen LogP contribution in [0, 0.1) is 0 Å². The fourth-order valence-corrected chi connectivity index (χ4v) is 3.45. The molecule has 0 aromatic carbocycles. The van der Waals surface area contributed by atoms with Crippen molar-refractivity contribution in [1.82, 2.24) is 25.5 Å². The first-order valence-electron chi connectivity index (χ1n) is 9.64. The average molecular weight is 386 g/mol. The maximum Gasteiger partial charge on any atom is 0.407 e. The Labute approximate surface area is 163 Å². The average Bonchev–Trinajstić information content (AvgIpc) is 3.06. The molecule has 4 rings (SSSR count). The van der Waals surface area contributed by atoms with Gasteiger partial charge in [-0.15, -0.1) is 0 Å². The number of nitrogens with one attached hydrogen (secondary N) is 3. The molecule has 2 aliphatic carbocycles. The molecule has 0 saturated heterocycles. The lowest BCUT2D eigenvalue weighted by molar-refractivity contribution is 0.0967. The normalized spacial score (nSPS) is 22.6. The summed E-state index contributed by atoms with van der Waals surface area (Å²) in [6.45, 7) is 2.47. The molecule has 2 aromatic heterocycles. The highest BCUT2D eigenvalue weighted by molar-refractivity contribution is 5.69. The summed E-state index contributed by atoms with van der Waals surface area (Å²) in [4.78, 5) is 20.6. The van der Waals surface area contributed by atoms with Crippen LogP contribution >= 0.6 is 0 Å². The number of H-pyrrole nitrogens is 1.